The molecule has 1 nitrogen and oxygen atoms in total. The Hall–Kier alpha value is -0.460. The highest BCUT2D eigenvalue weighted by atomic mass is 79.9. The van der Waals surface area contributed by atoms with Crippen molar-refractivity contribution in [1.29, 1.82) is 0 Å². The van der Waals surface area contributed by atoms with Gasteiger partial charge in [-0.25, -0.2) is 0 Å². The SMILES string of the molecule is C#Cc1cc(Br)cc(Br)c1N. The van der Waals surface area contributed by atoms with Gasteiger partial charge in [-0.3, -0.25) is 0 Å². The normalized spacial score (nSPS) is 9.18. The van der Waals surface area contributed by atoms with Gasteiger partial charge in [0.15, 0.2) is 0 Å². The van der Waals surface area contributed by atoms with Gasteiger partial charge in [0.2, 0.25) is 0 Å². The molecule has 3 heteroatoms. The maximum atomic E-state index is 5.65. The van der Waals surface area contributed by atoms with E-state index in [1.54, 1.807) is 6.07 Å². The molecule has 0 unspecified atom stereocenters. The van der Waals surface area contributed by atoms with Crippen LogP contribution in [0.2, 0.25) is 0 Å². The van der Waals surface area contributed by atoms with E-state index in [2.05, 4.69) is 37.8 Å². The van der Waals surface area contributed by atoms with Crippen LogP contribution in [0.5, 0.6) is 0 Å². The van der Waals surface area contributed by atoms with Crippen molar-refractivity contribution < 1.29 is 0 Å². The minimum Gasteiger partial charge on any atom is -0.397 e. The number of halogens is 2. The third kappa shape index (κ3) is 1.76. The molecule has 1 aromatic rings. The molecule has 1 rings (SSSR count). The molecule has 0 saturated carbocycles. The Kier molecular flexibility index (Phi) is 2.58. The minimum absolute atomic E-state index is 0.607. The van der Waals surface area contributed by atoms with Crippen LogP contribution in [0.25, 0.3) is 0 Å². The number of rotatable bonds is 0. The third-order valence-corrected chi connectivity index (χ3v) is 2.36. The van der Waals surface area contributed by atoms with E-state index in [1.165, 1.54) is 0 Å². The third-order valence-electron chi connectivity index (χ3n) is 1.25. The van der Waals surface area contributed by atoms with Gasteiger partial charge < -0.3 is 5.73 Å². The summed E-state index contributed by atoms with van der Waals surface area (Å²) in [6.45, 7) is 0. The van der Waals surface area contributed by atoms with E-state index < -0.39 is 0 Å². The fourth-order valence-corrected chi connectivity index (χ4v) is 1.93. The molecule has 0 radical (unpaired) electrons. The fraction of sp³-hybridized carbons (Fsp3) is 0. The van der Waals surface area contributed by atoms with Crippen molar-refractivity contribution in [3.8, 4) is 12.3 Å². The summed E-state index contributed by atoms with van der Waals surface area (Å²) in [5.41, 5.74) is 6.96. The highest BCUT2D eigenvalue weighted by molar-refractivity contribution is 9.11. The summed E-state index contributed by atoms with van der Waals surface area (Å²) in [7, 11) is 0. The lowest BCUT2D eigenvalue weighted by molar-refractivity contribution is 1.55. The summed E-state index contributed by atoms with van der Waals surface area (Å²) in [6, 6.07) is 3.66. The number of nitrogen functional groups attached to an aromatic ring is 1. The zero-order valence-electron chi connectivity index (χ0n) is 5.57. The lowest BCUT2D eigenvalue weighted by atomic mass is 10.2. The largest absolute Gasteiger partial charge is 0.397 e. The molecule has 11 heavy (non-hydrogen) atoms. The number of nitrogens with two attached hydrogens (primary N) is 1. The molecule has 0 amide bonds. The average molecular weight is 275 g/mol. The van der Waals surface area contributed by atoms with Crippen LogP contribution in [0.4, 0.5) is 5.69 Å². The van der Waals surface area contributed by atoms with Crippen molar-refractivity contribution in [2.45, 2.75) is 0 Å². The van der Waals surface area contributed by atoms with E-state index >= 15 is 0 Å². The highest BCUT2D eigenvalue weighted by Gasteiger charge is 2.01. The molecule has 0 atom stereocenters. The van der Waals surface area contributed by atoms with E-state index in [-0.39, 0.29) is 0 Å². The molecule has 56 valence electrons. The Balaban J connectivity index is 3.39. The summed E-state index contributed by atoms with van der Waals surface area (Å²) < 4.78 is 1.74. The van der Waals surface area contributed by atoms with E-state index in [0.717, 1.165) is 8.95 Å². The van der Waals surface area contributed by atoms with Gasteiger partial charge in [-0.1, -0.05) is 21.9 Å². The van der Waals surface area contributed by atoms with Crippen molar-refractivity contribution in [3.05, 3.63) is 26.6 Å². The van der Waals surface area contributed by atoms with Crippen LogP contribution in [0.3, 0.4) is 0 Å². The molecule has 0 aliphatic heterocycles. The van der Waals surface area contributed by atoms with Gasteiger partial charge in [0.05, 0.1) is 5.69 Å². The predicted molar refractivity (Wildman–Crippen MR) is 54.2 cm³/mol. The first kappa shape index (κ1) is 8.63. The molecular formula is C8H5Br2N. The van der Waals surface area contributed by atoms with Crippen LogP contribution in [-0.2, 0) is 0 Å². The van der Waals surface area contributed by atoms with Crippen LogP contribution >= 0.6 is 31.9 Å². The van der Waals surface area contributed by atoms with E-state index in [0.29, 0.717) is 11.3 Å². The number of terminal acetylenes is 1. The maximum absolute atomic E-state index is 5.65. The number of anilines is 1. The van der Waals surface area contributed by atoms with Crippen LogP contribution in [-0.4, -0.2) is 0 Å². The number of hydrogen-bond acceptors (Lipinski definition) is 1. The molecular weight excluding hydrogens is 270 g/mol. The first-order chi connectivity index (χ1) is 5.15. The van der Waals surface area contributed by atoms with Crippen LogP contribution in [0.1, 0.15) is 5.56 Å². The Morgan fingerprint density at radius 2 is 2.00 bits per heavy atom. The van der Waals surface area contributed by atoms with E-state index in [9.17, 15) is 0 Å². The van der Waals surface area contributed by atoms with Gasteiger partial charge in [0, 0.05) is 14.5 Å². The summed E-state index contributed by atoms with van der Waals surface area (Å²) in [5.74, 6) is 2.49. The Morgan fingerprint density at radius 3 is 2.55 bits per heavy atom. The van der Waals surface area contributed by atoms with Crippen molar-refractivity contribution in [2.24, 2.45) is 0 Å². The monoisotopic (exact) mass is 273 g/mol. The zero-order valence-corrected chi connectivity index (χ0v) is 8.74. The predicted octanol–water partition coefficient (Wildman–Crippen LogP) is 2.78. The van der Waals surface area contributed by atoms with Crippen molar-refractivity contribution in [1.82, 2.24) is 0 Å². The second kappa shape index (κ2) is 3.29. The van der Waals surface area contributed by atoms with Gasteiger partial charge >= 0.3 is 0 Å². The average Bonchev–Trinajstić information content (AvgIpc) is 1.96. The highest BCUT2D eigenvalue weighted by Crippen LogP contribution is 2.27. The number of benzene rings is 1. The lowest BCUT2D eigenvalue weighted by Gasteiger charge is -2.01. The molecule has 1 aromatic carbocycles. The second-order valence-electron chi connectivity index (χ2n) is 1.99. The lowest BCUT2D eigenvalue weighted by Crippen LogP contribution is -1.91. The maximum Gasteiger partial charge on any atom is 0.0618 e. The van der Waals surface area contributed by atoms with Crippen molar-refractivity contribution >= 4 is 37.5 Å². The van der Waals surface area contributed by atoms with Crippen LogP contribution in [0, 0.1) is 12.3 Å². The van der Waals surface area contributed by atoms with Gasteiger partial charge in [0.25, 0.3) is 0 Å². The molecule has 2 N–H and O–H groups in total. The molecule has 0 aliphatic rings. The van der Waals surface area contributed by atoms with Crippen molar-refractivity contribution in [2.75, 3.05) is 5.73 Å². The van der Waals surface area contributed by atoms with Crippen LogP contribution < -0.4 is 5.73 Å². The Bertz CT molecular complexity index is 326. The smallest absolute Gasteiger partial charge is 0.0618 e. The van der Waals surface area contributed by atoms with E-state index in [1.807, 2.05) is 6.07 Å². The number of hydrogen-bond donors (Lipinski definition) is 1. The summed E-state index contributed by atoms with van der Waals surface area (Å²) >= 11 is 6.59. The molecule has 0 heterocycles. The fourth-order valence-electron chi connectivity index (χ4n) is 0.704. The Labute approximate surface area is 82.2 Å². The Morgan fingerprint density at radius 1 is 1.36 bits per heavy atom. The molecule has 0 fully saturated rings. The van der Waals surface area contributed by atoms with Gasteiger partial charge in [-0.15, -0.1) is 6.42 Å². The van der Waals surface area contributed by atoms with Crippen LogP contribution in [0.15, 0.2) is 21.1 Å². The zero-order chi connectivity index (χ0) is 8.43. The molecule has 0 aliphatic carbocycles. The molecule has 0 spiro atoms. The standard InChI is InChI=1S/C8H5Br2N/c1-2-5-3-6(9)4-7(10)8(5)11/h1,3-4H,11H2. The minimum atomic E-state index is 0.607. The summed E-state index contributed by atoms with van der Waals surface area (Å²) in [4.78, 5) is 0. The quantitative estimate of drug-likeness (QED) is 0.571. The molecule has 0 aromatic heterocycles. The van der Waals surface area contributed by atoms with Gasteiger partial charge in [-0.05, 0) is 28.1 Å². The van der Waals surface area contributed by atoms with E-state index in [4.69, 9.17) is 12.2 Å². The molecule has 0 bridgehead atoms. The van der Waals surface area contributed by atoms with Crippen molar-refractivity contribution in [3.63, 3.8) is 0 Å². The summed E-state index contributed by atoms with van der Waals surface area (Å²) in [5, 5.41) is 0. The first-order valence-electron chi connectivity index (χ1n) is 2.86. The summed E-state index contributed by atoms with van der Waals surface area (Å²) in [6.07, 6.45) is 5.22. The first-order valence-corrected chi connectivity index (χ1v) is 4.45. The second-order valence-corrected chi connectivity index (χ2v) is 3.76. The van der Waals surface area contributed by atoms with Gasteiger partial charge in [0.1, 0.15) is 0 Å². The molecule has 0 saturated heterocycles. The topological polar surface area (TPSA) is 26.0 Å². The van der Waals surface area contributed by atoms with Gasteiger partial charge in [-0.2, -0.15) is 0 Å².